The maximum absolute atomic E-state index is 13.6. The molecule has 5 rings (SSSR count). The average Bonchev–Trinajstić information content (AvgIpc) is 3.78. The molecule has 3 aliphatic rings. The molecule has 8 nitrogen and oxygen atoms in total. The minimum absolute atomic E-state index is 0.0683. The normalized spacial score (nSPS) is 20.5. The van der Waals surface area contributed by atoms with E-state index in [9.17, 15) is 27.9 Å². The van der Waals surface area contributed by atoms with Crippen LogP contribution in [0.25, 0.3) is 5.57 Å². The summed E-state index contributed by atoms with van der Waals surface area (Å²) in [5, 5.41) is 12.3. The van der Waals surface area contributed by atoms with Crippen molar-refractivity contribution in [3.63, 3.8) is 0 Å². The number of allylic oxidation sites excluding steroid dienone is 1. The summed E-state index contributed by atoms with van der Waals surface area (Å²) in [4.78, 5) is 41.6. The van der Waals surface area contributed by atoms with Crippen molar-refractivity contribution in [2.75, 3.05) is 5.32 Å². The predicted molar refractivity (Wildman–Crippen MR) is 147 cm³/mol. The number of carbonyl (C=O) groups excluding carboxylic acids is 2. The number of benzene rings is 1. The van der Waals surface area contributed by atoms with Crippen molar-refractivity contribution in [1.82, 2.24) is 4.98 Å². The van der Waals surface area contributed by atoms with Gasteiger partial charge in [-0.3, -0.25) is 19.7 Å². The lowest BCUT2D eigenvalue weighted by atomic mass is 9.96. The standard InChI is InChI=1S/C27H30N2O6S3/c1-27(2,25(32)33)37-23-14-28-26(36-23)29-24(31)21(12-15-3-7-18(30)11-15)17-6-10-22(20(13-17)16-4-5-16)38(34,35)19-8-9-19/h6,10,12-16,19H,3-5,7-9,11H2,1-2H3,(H,32,33)(H,28,29,31)/t15-/m0/s1. The van der Waals surface area contributed by atoms with E-state index in [0.717, 1.165) is 30.2 Å². The Kier molecular flexibility index (Phi) is 7.30. The lowest BCUT2D eigenvalue weighted by molar-refractivity contribution is -0.138. The fourth-order valence-electron chi connectivity index (χ4n) is 4.59. The number of hydrogen-bond donors (Lipinski definition) is 2. The zero-order chi connectivity index (χ0) is 27.2. The molecule has 0 spiro atoms. The molecule has 0 bridgehead atoms. The van der Waals surface area contributed by atoms with E-state index in [1.165, 1.54) is 17.5 Å². The lowest BCUT2D eigenvalue weighted by Crippen LogP contribution is -2.26. The summed E-state index contributed by atoms with van der Waals surface area (Å²) in [6.07, 6.45) is 8.12. The van der Waals surface area contributed by atoms with E-state index in [1.807, 2.05) is 12.1 Å². The molecule has 0 aliphatic heterocycles. The van der Waals surface area contributed by atoms with Crippen molar-refractivity contribution in [1.29, 1.82) is 0 Å². The summed E-state index contributed by atoms with van der Waals surface area (Å²) in [6.45, 7) is 3.21. The van der Waals surface area contributed by atoms with Crippen LogP contribution in [0.1, 0.15) is 75.8 Å². The van der Waals surface area contributed by atoms with Gasteiger partial charge in [-0.2, -0.15) is 0 Å². The highest BCUT2D eigenvalue weighted by atomic mass is 32.2. The smallest absolute Gasteiger partial charge is 0.319 e. The summed E-state index contributed by atoms with van der Waals surface area (Å²) >= 11 is 2.34. The number of carbonyl (C=O) groups is 3. The Hall–Kier alpha value is -2.50. The number of Topliss-reactive ketones (excluding diaryl/α,β-unsaturated/α-hetero) is 1. The molecule has 2 aromatic rings. The van der Waals surface area contributed by atoms with Crippen LogP contribution < -0.4 is 5.32 Å². The number of hydrogen-bond acceptors (Lipinski definition) is 8. The van der Waals surface area contributed by atoms with Crippen LogP contribution in [-0.2, 0) is 24.2 Å². The second-order valence-electron chi connectivity index (χ2n) is 10.7. The van der Waals surface area contributed by atoms with E-state index < -0.39 is 26.5 Å². The number of amides is 1. The Morgan fingerprint density at radius 1 is 1.18 bits per heavy atom. The number of carboxylic acid groups (broad SMARTS) is 1. The monoisotopic (exact) mass is 574 g/mol. The van der Waals surface area contributed by atoms with Gasteiger partial charge in [0.15, 0.2) is 15.0 Å². The van der Waals surface area contributed by atoms with E-state index >= 15 is 0 Å². The fourth-order valence-corrected chi connectivity index (χ4v) is 8.79. The van der Waals surface area contributed by atoms with Crippen molar-refractivity contribution < 1.29 is 27.9 Å². The van der Waals surface area contributed by atoms with E-state index in [0.29, 0.717) is 57.5 Å². The summed E-state index contributed by atoms with van der Waals surface area (Å²) in [6, 6.07) is 5.18. The van der Waals surface area contributed by atoms with E-state index in [1.54, 1.807) is 26.0 Å². The highest BCUT2D eigenvalue weighted by Crippen LogP contribution is 2.46. The molecular weight excluding hydrogens is 545 g/mol. The molecule has 38 heavy (non-hydrogen) atoms. The first-order valence-corrected chi connectivity index (χ1v) is 15.9. The third-order valence-electron chi connectivity index (χ3n) is 7.11. The van der Waals surface area contributed by atoms with Gasteiger partial charge in [0, 0.05) is 18.4 Å². The van der Waals surface area contributed by atoms with Gasteiger partial charge in [-0.1, -0.05) is 35.2 Å². The number of nitrogens with one attached hydrogen (secondary N) is 1. The van der Waals surface area contributed by atoms with Crippen LogP contribution in [0.4, 0.5) is 5.13 Å². The van der Waals surface area contributed by atoms with Gasteiger partial charge in [0.25, 0.3) is 5.91 Å². The minimum atomic E-state index is -3.38. The number of sulfone groups is 1. The summed E-state index contributed by atoms with van der Waals surface area (Å²) in [5.41, 5.74) is 1.79. The first-order chi connectivity index (χ1) is 17.9. The molecule has 202 valence electrons. The summed E-state index contributed by atoms with van der Waals surface area (Å²) in [5.74, 6) is -1.07. The van der Waals surface area contributed by atoms with Crippen LogP contribution in [0.15, 0.2) is 39.6 Å². The Morgan fingerprint density at radius 2 is 1.92 bits per heavy atom. The largest absolute Gasteiger partial charge is 0.480 e. The van der Waals surface area contributed by atoms with Crippen LogP contribution in [0.5, 0.6) is 0 Å². The van der Waals surface area contributed by atoms with Crippen LogP contribution in [-0.4, -0.2) is 46.2 Å². The van der Waals surface area contributed by atoms with E-state index in [-0.39, 0.29) is 22.9 Å². The van der Waals surface area contributed by atoms with Gasteiger partial charge in [0.05, 0.1) is 20.6 Å². The van der Waals surface area contributed by atoms with E-state index in [2.05, 4.69) is 10.3 Å². The number of anilines is 1. The molecule has 0 saturated heterocycles. The summed E-state index contributed by atoms with van der Waals surface area (Å²) in [7, 11) is -3.38. The highest BCUT2D eigenvalue weighted by Gasteiger charge is 2.40. The molecular formula is C27H30N2O6S3. The molecule has 3 fully saturated rings. The van der Waals surface area contributed by atoms with Gasteiger partial charge in [-0.15, -0.1) is 0 Å². The van der Waals surface area contributed by atoms with Gasteiger partial charge in [0.1, 0.15) is 10.5 Å². The number of rotatable bonds is 10. The number of aromatic nitrogens is 1. The molecule has 1 heterocycles. The van der Waals surface area contributed by atoms with Crippen LogP contribution in [0, 0.1) is 5.92 Å². The van der Waals surface area contributed by atoms with E-state index in [4.69, 9.17) is 0 Å². The van der Waals surface area contributed by atoms with Crippen molar-refractivity contribution >= 4 is 61.3 Å². The molecule has 0 radical (unpaired) electrons. The number of ketones is 1. The first kappa shape index (κ1) is 27.1. The third-order valence-corrected chi connectivity index (χ3v) is 11.6. The molecule has 2 N–H and O–H groups in total. The molecule has 1 aromatic heterocycles. The van der Waals surface area contributed by atoms with Crippen LogP contribution >= 0.6 is 23.1 Å². The predicted octanol–water partition coefficient (Wildman–Crippen LogP) is 5.30. The summed E-state index contributed by atoms with van der Waals surface area (Å²) < 4.78 is 25.8. The minimum Gasteiger partial charge on any atom is -0.480 e. The second-order valence-corrected chi connectivity index (χ2v) is 15.9. The van der Waals surface area contributed by atoms with Gasteiger partial charge < -0.3 is 5.11 Å². The number of nitrogens with zero attached hydrogens (tertiary/aromatic N) is 1. The topological polar surface area (TPSA) is 130 Å². The zero-order valence-electron chi connectivity index (χ0n) is 21.2. The highest BCUT2D eigenvalue weighted by molar-refractivity contribution is 8.03. The first-order valence-electron chi connectivity index (χ1n) is 12.8. The Bertz CT molecular complexity index is 1430. The van der Waals surface area contributed by atoms with Crippen molar-refractivity contribution in [3.05, 3.63) is 41.6 Å². The maximum atomic E-state index is 13.6. The Balaban J connectivity index is 1.45. The molecule has 1 aromatic carbocycles. The molecule has 1 atom stereocenters. The van der Waals surface area contributed by atoms with Crippen molar-refractivity contribution in [2.24, 2.45) is 5.92 Å². The lowest BCUT2D eigenvalue weighted by Gasteiger charge is -2.16. The van der Waals surface area contributed by atoms with Gasteiger partial charge in [-0.25, -0.2) is 13.4 Å². The number of carboxylic acids is 1. The van der Waals surface area contributed by atoms with Crippen LogP contribution in [0.3, 0.4) is 0 Å². The van der Waals surface area contributed by atoms with Gasteiger partial charge in [-0.05, 0) is 81.0 Å². The molecule has 1 amide bonds. The SMILES string of the molecule is CC(C)(Sc1cnc(NC(=O)C(=C[C@H]2CCC(=O)C2)c2ccc(S(=O)(=O)C3CC3)c(C3CC3)c2)s1)C(=O)O. The number of aliphatic carboxylic acids is 1. The fraction of sp³-hybridized carbons (Fsp3) is 0.481. The molecule has 11 heteroatoms. The number of thiazole rings is 1. The average molecular weight is 575 g/mol. The van der Waals surface area contributed by atoms with Crippen molar-refractivity contribution in [3.8, 4) is 0 Å². The Labute approximate surface area is 230 Å². The second kappa shape index (κ2) is 10.2. The van der Waals surface area contributed by atoms with Gasteiger partial charge >= 0.3 is 5.97 Å². The van der Waals surface area contributed by atoms with Crippen LogP contribution in [0.2, 0.25) is 0 Å². The third kappa shape index (κ3) is 5.89. The van der Waals surface area contributed by atoms with Gasteiger partial charge in [0.2, 0.25) is 0 Å². The zero-order valence-corrected chi connectivity index (χ0v) is 23.7. The Morgan fingerprint density at radius 3 is 2.53 bits per heavy atom. The molecule has 3 aliphatic carbocycles. The quantitative estimate of drug-likeness (QED) is 0.289. The molecule has 3 saturated carbocycles. The number of thioether (sulfide) groups is 1. The molecule has 0 unspecified atom stereocenters. The van der Waals surface area contributed by atoms with Crippen molar-refractivity contribution in [2.45, 2.75) is 83.8 Å². The maximum Gasteiger partial charge on any atom is 0.319 e.